The van der Waals surface area contributed by atoms with Crippen LogP contribution in [0, 0.1) is 0 Å². The summed E-state index contributed by atoms with van der Waals surface area (Å²) < 4.78 is 15.9. The highest BCUT2D eigenvalue weighted by molar-refractivity contribution is 5.83. The van der Waals surface area contributed by atoms with Crippen molar-refractivity contribution in [2.45, 2.75) is 25.9 Å². The first-order valence-corrected chi connectivity index (χ1v) is 7.40. The molecule has 1 aromatic carbocycles. The molecule has 1 atom stereocenters. The van der Waals surface area contributed by atoms with Crippen molar-refractivity contribution in [2.75, 3.05) is 7.11 Å². The molecule has 6 heteroatoms. The van der Waals surface area contributed by atoms with E-state index < -0.39 is 6.10 Å². The standard InChI is InChI=1S/C17H20N2O4/c1-3-5-16(23-14-9-7-13(21-2)8-10-14)17(20)19-18-12-15-6-4-11-22-15/h4,6-12,16H,3,5H2,1-2H3,(H,19,20). The van der Waals surface area contributed by atoms with Gasteiger partial charge in [0.2, 0.25) is 0 Å². The van der Waals surface area contributed by atoms with Gasteiger partial charge in [-0.15, -0.1) is 0 Å². The predicted octanol–water partition coefficient (Wildman–Crippen LogP) is 2.99. The van der Waals surface area contributed by atoms with Gasteiger partial charge in [0.15, 0.2) is 6.10 Å². The summed E-state index contributed by atoms with van der Waals surface area (Å²) in [5.74, 6) is 1.60. The lowest BCUT2D eigenvalue weighted by Crippen LogP contribution is -2.35. The van der Waals surface area contributed by atoms with Crippen molar-refractivity contribution in [3.05, 3.63) is 48.4 Å². The molecule has 1 heterocycles. The normalized spacial score (nSPS) is 12.1. The number of ether oxygens (including phenoxy) is 2. The Morgan fingerprint density at radius 3 is 2.65 bits per heavy atom. The Morgan fingerprint density at radius 2 is 2.04 bits per heavy atom. The molecule has 0 saturated carbocycles. The lowest BCUT2D eigenvalue weighted by molar-refractivity contribution is -0.128. The van der Waals surface area contributed by atoms with E-state index in [1.807, 2.05) is 6.92 Å². The number of hydrogen-bond donors (Lipinski definition) is 1. The number of carbonyl (C=O) groups excluding carboxylic acids is 1. The second-order valence-electron chi connectivity index (χ2n) is 4.82. The molecule has 1 N–H and O–H groups in total. The topological polar surface area (TPSA) is 73.1 Å². The summed E-state index contributed by atoms with van der Waals surface area (Å²) in [6, 6.07) is 10.6. The van der Waals surface area contributed by atoms with E-state index in [0.29, 0.717) is 17.9 Å². The highest BCUT2D eigenvalue weighted by Gasteiger charge is 2.19. The maximum atomic E-state index is 12.2. The minimum Gasteiger partial charge on any atom is -0.497 e. The van der Waals surface area contributed by atoms with Gasteiger partial charge in [-0.2, -0.15) is 5.10 Å². The molecule has 2 aromatic rings. The Morgan fingerprint density at radius 1 is 1.30 bits per heavy atom. The van der Waals surface area contributed by atoms with Crippen molar-refractivity contribution >= 4 is 12.1 Å². The van der Waals surface area contributed by atoms with Crippen LogP contribution in [0.25, 0.3) is 0 Å². The van der Waals surface area contributed by atoms with E-state index in [1.165, 1.54) is 12.5 Å². The van der Waals surface area contributed by atoms with Gasteiger partial charge in [-0.05, 0) is 42.8 Å². The van der Waals surface area contributed by atoms with Crippen molar-refractivity contribution in [3.63, 3.8) is 0 Å². The van der Waals surface area contributed by atoms with Gasteiger partial charge in [-0.1, -0.05) is 13.3 Å². The first-order chi connectivity index (χ1) is 11.2. The van der Waals surface area contributed by atoms with Crippen molar-refractivity contribution < 1.29 is 18.7 Å². The van der Waals surface area contributed by atoms with Crippen LogP contribution in [0.15, 0.2) is 52.2 Å². The number of benzene rings is 1. The zero-order chi connectivity index (χ0) is 16.5. The van der Waals surface area contributed by atoms with E-state index in [1.54, 1.807) is 43.5 Å². The zero-order valence-corrected chi connectivity index (χ0v) is 13.2. The van der Waals surface area contributed by atoms with Gasteiger partial charge in [0.1, 0.15) is 17.3 Å². The first-order valence-electron chi connectivity index (χ1n) is 7.40. The number of amides is 1. The summed E-state index contributed by atoms with van der Waals surface area (Å²) in [5, 5.41) is 3.87. The van der Waals surface area contributed by atoms with Crippen LogP contribution in [0.4, 0.5) is 0 Å². The third kappa shape index (κ3) is 5.18. The van der Waals surface area contributed by atoms with Crippen molar-refractivity contribution in [3.8, 4) is 11.5 Å². The SMILES string of the molecule is CCCC(Oc1ccc(OC)cc1)C(=O)NN=Cc1ccco1. The Bertz CT molecular complexity index is 621. The van der Waals surface area contributed by atoms with Gasteiger partial charge < -0.3 is 13.9 Å². The molecule has 1 aromatic heterocycles. The maximum absolute atomic E-state index is 12.2. The second-order valence-corrected chi connectivity index (χ2v) is 4.82. The zero-order valence-electron chi connectivity index (χ0n) is 13.2. The number of methoxy groups -OCH3 is 1. The average Bonchev–Trinajstić information content (AvgIpc) is 3.08. The lowest BCUT2D eigenvalue weighted by atomic mass is 10.2. The van der Waals surface area contributed by atoms with Crippen LogP contribution in [0.5, 0.6) is 11.5 Å². The molecule has 0 saturated heterocycles. The molecule has 0 aliphatic carbocycles. The lowest BCUT2D eigenvalue weighted by Gasteiger charge is -2.17. The Balaban J connectivity index is 1.94. The van der Waals surface area contributed by atoms with E-state index in [4.69, 9.17) is 13.9 Å². The van der Waals surface area contributed by atoms with Crippen LogP contribution in [0.1, 0.15) is 25.5 Å². The van der Waals surface area contributed by atoms with Gasteiger partial charge in [-0.3, -0.25) is 4.79 Å². The summed E-state index contributed by atoms with van der Waals surface area (Å²) >= 11 is 0. The molecule has 0 fully saturated rings. The van der Waals surface area contributed by atoms with Crippen LogP contribution in [-0.2, 0) is 4.79 Å². The maximum Gasteiger partial charge on any atom is 0.281 e. The summed E-state index contributed by atoms with van der Waals surface area (Å²) in [5.41, 5.74) is 2.47. The number of nitrogens with one attached hydrogen (secondary N) is 1. The van der Waals surface area contributed by atoms with Crippen molar-refractivity contribution in [2.24, 2.45) is 5.10 Å². The molecule has 122 valence electrons. The molecule has 0 radical (unpaired) electrons. The largest absolute Gasteiger partial charge is 0.497 e. The average molecular weight is 316 g/mol. The summed E-state index contributed by atoms with van der Waals surface area (Å²) in [7, 11) is 1.60. The van der Waals surface area contributed by atoms with Gasteiger partial charge in [0, 0.05) is 0 Å². The molecule has 1 amide bonds. The summed E-state index contributed by atoms with van der Waals surface area (Å²) in [6.07, 6.45) is 3.77. The van der Waals surface area contributed by atoms with E-state index in [9.17, 15) is 4.79 Å². The highest BCUT2D eigenvalue weighted by Crippen LogP contribution is 2.19. The van der Waals surface area contributed by atoms with Crippen LogP contribution in [-0.4, -0.2) is 25.3 Å². The molecule has 6 nitrogen and oxygen atoms in total. The quantitative estimate of drug-likeness (QED) is 0.600. The molecule has 0 aliphatic rings. The molecule has 23 heavy (non-hydrogen) atoms. The molecule has 0 spiro atoms. The van der Waals surface area contributed by atoms with Gasteiger partial charge in [0.05, 0.1) is 19.6 Å². The second kappa shape index (κ2) is 8.63. The highest BCUT2D eigenvalue weighted by atomic mass is 16.5. The number of rotatable bonds is 8. The van der Waals surface area contributed by atoms with Crippen molar-refractivity contribution in [1.82, 2.24) is 5.43 Å². The van der Waals surface area contributed by atoms with Crippen LogP contribution in [0.3, 0.4) is 0 Å². The molecule has 0 aliphatic heterocycles. The number of hydrogen-bond acceptors (Lipinski definition) is 5. The van der Waals surface area contributed by atoms with E-state index >= 15 is 0 Å². The van der Waals surface area contributed by atoms with Crippen molar-refractivity contribution in [1.29, 1.82) is 0 Å². The molecular weight excluding hydrogens is 296 g/mol. The summed E-state index contributed by atoms with van der Waals surface area (Å²) in [4.78, 5) is 12.2. The Labute approximate surface area is 135 Å². The fourth-order valence-corrected chi connectivity index (χ4v) is 1.92. The fourth-order valence-electron chi connectivity index (χ4n) is 1.92. The van der Waals surface area contributed by atoms with Crippen LogP contribution >= 0.6 is 0 Å². The van der Waals surface area contributed by atoms with E-state index in [2.05, 4.69) is 10.5 Å². The third-order valence-electron chi connectivity index (χ3n) is 3.09. The number of furan rings is 1. The van der Waals surface area contributed by atoms with E-state index in [-0.39, 0.29) is 5.91 Å². The fraction of sp³-hybridized carbons (Fsp3) is 0.294. The number of nitrogens with zero attached hydrogens (tertiary/aromatic N) is 1. The third-order valence-corrected chi connectivity index (χ3v) is 3.09. The number of carbonyl (C=O) groups is 1. The van der Waals surface area contributed by atoms with Crippen LogP contribution < -0.4 is 14.9 Å². The minimum atomic E-state index is -0.609. The van der Waals surface area contributed by atoms with Crippen LogP contribution in [0.2, 0.25) is 0 Å². The van der Waals surface area contributed by atoms with Gasteiger partial charge >= 0.3 is 0 Å². The summed E-state index contributed by atoms with van der Waals surface area (Å²) in [6.45, 7) is 1.99. The molecule has 0 bridgehead atoms. The van der Waals surface area contributed by atoms with E-state index in [0.717, 1.165) is 12.2 Å². The number of hydrazone groups is 1. The van der Waals surface area contributed by atoms with Gasteiger partial charge in [-0.25, -0.2) is 5.43 Å². The van der Waals surface area contributed by atoms with Gasteiger partial charge in [0.25, 0.3) is 5.91 Å². The monoisotopic (exact) mass is 316 g/mol. The smallest absolute Gasteiger partial charge is 0.281 e. The molecular formula is C17H20N2O4. The predicted molar refractivity (Wildman–Crippen MR) is 86.8 cm³/mol. The first kappa shape index (κ1) is 16.6. The minimum absolute atomic E-state index is 0.300. The molecule has 2 rings (SSSR count). The Kier molecular flexibility index (Phi) is 6.23. The Hall–Kier alpha value is -2.76. The molecule has 1 unspecified atom stereocenters.